The summed E-state index contributed by atoms with van der Waals surface area (Å²) in [6, 6.07) is 9.32. The molecule has 4 heteroatoms. The number of nitrogens with one attached hydrogen (secondary N) is 2. The summed E-state index contributed by atoms with van der Waals surface area (Å²) in [6.45, 7) is 7.20. The highest BCUT2D eigenvalue weighted by Crippen LogP contribution is 2.27. The molecule has 2 saturated heterocycles. The van der Waals surface area contributed by atoms with Gasteiger partial charge >= 0.3 is 0 Å². The molecule has 0 aliphatic carbocycles. The monoisotopic (exact) mass is 285 g/mol. The molecular weight excluding hydrogens is 262 g/mol. The predicted molar refractivity (Wildman–Crippen MR) is 86.3 cm³/mol. The van der Waals surface area contributed by atoms with Gasteiger partial charge in [0.15, 0.2) is 0 Å². The standard InChI is InChI=1S/C17H23N3O/c1-12-11-20(13(2)10-19-12)16-6-4-3-5-14(16)9-15-7-8-18-17(15)21/h3-6,9,12-13,19H,7-8,10-11H2,1-2H3,(H,18,21)/b15-9+. The number of amides is 1. The number of rotatable bonds is 2. The van der Waals surface area contributed by atoms with Crippen molar-refractivity contribution in [2.75, 3.05) is 24.5 Å². The maximum Gasteiger partial charge on any atom is 0.247 e. The number of carbonyl (C=O) groups excluding carboxylic acids is 1. The lowest BCUT2D eigenvalue weighted by atomic mass is 10.0. The van der Waals surface area contributed by atoms with E-state index in [2.05, 4.69) is 53.7 Å². The molecule has 0 saturated carbocycles. The van der Waals surface area contributed by atoms with Gasteiger partial charge in [0.05, 0.1) is 0 Å². The Balaban J connectivity index is 1.94. The van der Waals surface area contributed by atoms with E-state index >= 15 is 0 Å². The van der Waals surface area contributed by atoms with Crippen molar-refractivity contribution in [2.45, 2.75) is 32.4 Å². The van der Waals surface area contributed by atoms with Gasteiger partial charge in [-0.15, -0.1) is 0 Å². The fourth-order valence-electron chi connectivity index (χ4n) is 3.09. The zero-order chi connectivity index (χ0) is 14.8. The first-order valence-electron chi connectivity index (χ1n) is 7.73. The van der Waals surface area contributed by atoms with E-state index in [0.717, 1.165) is 37.2 Å². The molecule has 0 aromatic heterocycles. The SMILES string of the molecule is CC1CN(c2ccccc2/C=C2\CCNC2=O)C(C)CN1. The van der Waals surface area contributed by atoms with Crippen molar-refractivity contribution in [3.63, 3.8) is 0 Å². The smallest absolute Gasteiger partial charge is 0.247 e. The van der Waals surface area contributed by atoms with Crippen molar-refractivity contribution < 1.29 is 4.79 Å². The minimum atomic E-state index is 0.0755. The van der Waals surface area contributed by atoms with Gasteiger partial charge in [0.1, 0.15) is 0 Å². The van der Waals surface area contributed by atoms with Crippen LogP contribution in [0.15, 0.2) is 29.8 Å². The Bertz CT molecular complexity index is 567. The molecule has 2 fully saturated rings. The lowest BCUT2D eigenvalue weighted by Crippen LogP contribution is -2.54. The van der Waals surface area contributed by atoms with E-state index in [0.29, 0.717) is 12.1 Å². The highest BCUT2D eigenvalue weighted by Gasteiger charge is 2.24. The Morgan fingerprint density at radius 1 is 1.29 bits per heavy atom. The third-order valence-electron chi connectivity index (χ3n) is 4.31. The van der Waals surface area contributed by atoms with Crippen molar-refractivity contribution in [1.29, 1.82) is 0 Å². The first-order chi connectivity index (χ1) is 10.1. The zero-order valence-corrected chi connectivity index (χ0v) is 12.7. The second-order valence-corrected chi connectivity index (χ2v) is 6.04. The number of para-hydroxylation sites is 1. The summed E-state index contributed by atoms with van der Waals surface area (Å²) in [7, 11) is 0. The molecule has 0 spiro atoms. The molecule has 2 N–H and O–H groups in total. The lowest BCUT2D eigenvalue weighted by Gasteiger charge is -2.40. The van der Waals surface area contributed by atoms with Crippen LogP contribution in [0.5, 0.6) is 0 Å². The van der Waals surface area contributed by atoms with Crippen LogP contribution >= 0.6 is 0 Å². The predicted octanol–water partition coefficient (Wildman–Crippen LogP) is 1.78. The van der Waals surface area contributed by atoms with Crippen molar-refractivity contribution in [3.05, 3.63) is 35.4 Å². The van der Waals surface area contributed by atoms with Crippen LogP contribution in [-0.2, 0) is 4.79 Å². The summed E-state index contributed by atoms with van der Waals surface area (Å²) < 4.78 is 0. The fraction of sp³-hybridized carbons (Fsp3) is 0.471. The van der Waals surface area contributed by atoms with E-state index < -0.39 is 0 Å². The Morgan fingerprint density at radius 2 is 2.10 bits per heavy atom. The van der Waals surface area contributed by atoms with Crippen molar-refractivity contribution in [2.24, 2.45) is 0 Å². The van der Waals surface area contributed by atoms with Gasteiger partial charge < -0.3 is 15.5 Å². The Hall–Kier alpha value is -1.81. The van der Waals surface area contributed by atoms with E-state index in [9.17, 15) is 4.79 Å². The topological polar surface area (TPSA) is 44.4 Å². The summed E-state index contributed by atoms with van der Waals surface area (Å²) in [5.74, 6) is 0.0755. The molecule has 0 radical (unpaired) electrons. The van der Waals surface area contributed by atoms with Crippen molar-refractivity contribution in [1.82, 2.24) is 10.6 Å². The first kappa shape index (κ1) is 14.1. The molecule has 2 atom stereocenters. The molecule has 1 aromatic rings. The molecule has 1 amide bonds. The minimum Gasteiger partial charge on any atom is -0.366 e. The highest BCUT2D eigenvalue weighted by molar-refractivity contribution is 6.00. The second-order valence-electron chi connectivity index (χ2n) is 6.04. The lowest BCUT2D eigenvalue weighted by molar-refractivity contribution is -0.116. The average molecular weight is 285 g/mol. The third kappa shape index (κ3) is 2.95. The normalized spacial score (nSPS) is 28.0. The highest BCUT2D eigenvalue weighted by atomic mass is 16.1. The maximum atomic E-state index is 11.8. The van der Waals surface area contributed by atoms with Crippen molar-refractivity contribution >= 4 is 17.7 Å². The molecule has 0 bridgehead atoms. The van der Waals surface area contributed by atoms with Crippen LogP contribution in [-0.4, -0.2) is 37.6 Å². The van der Waals surface area contributed by atoms with Crippen LogP contribution in [0.25, 0.3) is 6.08 Å². The number of piperazine rings is 1. The number of benzene rings is 1. The summed E-state index contributed by atoms with van der Waals surface area (Å²) in [5.41, 5.74) is 3.26. The summed E-state index contributed by atoms with van der Waals surface area (Å²) in [6.07, 6.45) is 2.87. The van der Waals surface area contributed by atoms with Crippen LogP contribution in [0.2, 0.25) is 0 Å². The molecule has 2 heterocycles. The summed E-state index contributed by atoms with van der Waals surface area (Å²) in [5, 5.41) is 6.38. The number of hydrogen-bond acceptors (Lipinski definition) is 3. The van der Waals surface area contributed by atoms with E-state index in [1.54, 1.807) is 0 Å². The van der Waals surface area contributed by atoms with E-state index in [1.165, 1.54) is 5.69 Å². The van der Waals surface area contributed by atoms with Gasteiger partial charge in [-0.2, -0.15) is 0 Å². The molecule has 3 rings (SSSR count). The van der Waals surface area contributed by atoms with E-state index in [4.69, 9.17) is 0 Å². The molecule has 21 heavy (non-hydrogen) atoms. The molecule has 1 aromatic carbocycles. The van der Waals surface area contributed by atoms with E-state index in [-0.39, 0.29) is 5.91 Å². The number of carbonyl (C=O) groups is 1. The summed E-state index contributed by atoms with van der Waals surface area (Å²) >= 11 is 0. The van der Waals surface area contributed by atoms with Gasteiger partial charge in [0.2, 0.25) is 5.91 Å². The van der Waals surface area contributed by atoms with Gasteiger partial charge in [-0.3, -0.25) is 4.79 Å². The largest absolute Gasteiger partial charge is 0.366 e. The van der Waals surface area contributed by atoms with Crippen LogP contribution < -0.4 is 15.5 Å². The minimum absolute atomic E-state index is 0.0755. The van der Waals surface area contributed by atoms with Gasteiger partial charge in [0, 0.05) is 43.0 Å². The number of anilines is 1. The molecule has 4 nitrogen and oxygen atoms in total. The third-order valence-corrected chi connectivity index (χ3v) is 4.31. The van der Waals surface area contributed by atoms with Gasteiger partial charge in [-0.25, -0.2) is 0 Å². The summed E-state index contributed by atoms with van der Waals surface area (Å²) in [4.78, 5) is 14.2. The molecule has 2 aliphatic rings. The average Bonchev–Trinajstić information content (AvgIpc) is 2.88. The quantitative estimate of drug-likeness (QED) is 0.814. The van der Waals surface area contributed by atoms with Crippen LogP contribution in [0, 0.1) is 0 Å². The first-order valence-corrected chi connectivity index (χ1v) is 7.73. The maximum absolute atomic E-state index is 11.8. The van der Waals surface area contributed by atoms with Crippen molar-refractivity contribution in [3.8, 4) is 0 Å². The van der Waals surface area contributed by atoms with Gasteiger partial charge in [-0.1, -0.05) is 18.2 Å². The second kappa shape index (κ2) is 5.90. The van der Waals surface area contributed by atoms with Gasteiger partial charge in [-0.05, 0) is 38.0 Å². The van der Waals surface area contributed by atoms with Gasteiger partial charge in [0.25, 0.3) is 0 Å². The van der Waals surface area contributed by atoms with E-state index in [1.807, 2.05) is 6.07 Å². The molecular formula is C17H23N3O. The molecule has 112 valence electrons. The Morgan fingerprint density at radius 3 is 2.86 bits per heavy atom. The fourth-order valence-corrected chi connectivity index (χ4v) is 3.09. The van der Waals surface area contributed by atoms with Crippen LogP contribution in [0.3, 0.4) is 0 Å². The van der Waals surface area contributed by atoms with Crippen LogP contribution in [0.4, 0.5) is 5.69 Å². The number of nitrogens with zero attached hydrogens (tertiary/aromatic N) is 1. The van der Waals surface area contributed by atoms with Crippen LogP contribution in [0.1, 0.15) is 25.8 Å². The molecule has 2 unspecified atom stereocenters. The Kier molecular flexibility index (Phi) is 3.97. The molecule has 2 aliphatic heterocycles. The zero-order valence-electron chi connectivity index (χ0n) is 12.7. The Labute approximate surface area is 126 Å². The number of hydrogen-bond donors (Lipinski definition) is 2.